The number of H-pyrrole nitrogens is 1. The first-order chi connectivity index (χ1) is 13.5. The average Bonchev–Trinajstić information content (AvgIpc) is 2.67. The fourth-order valence-electron chi connectivity index (χ4n) is 4.58. The summed E-state index contributed by atoms with van der Waals surface area (Å²) in [6.45, 7) is 4.23. The molecule has 1 heterocycles. The molecule has 2 aromatic rings. The minimum atomic E-state index is -0.486. The Morgan fingerprint density at radius 1 is 1.25 bits per heavy atom. The van der Waals surface area contributed by atoms with Crippen molar-refractivity contribution in [1.82, 2.24) is 4.98 Å². The van der Waals surface area contributed by atoms with E-state index in [9.17, 15) is 4.79 Å². The lowest BCUT2D eigenvalue weighted by Gasteiger charge is -2.45. The fourth-order valence-corrected chi connectivity index (χ4v) is 4.76. The van der Waals surface area contributed by atoms with Gasteiger partial charge in [-0.3, -0.25) is 9.79 Å². The lowest BCUT2D eigenvalue weighted by Crippen LogP contribution is -2.40. The van der Waals surface area contributed by atoms with Crippen LogP contribution in [0.25, 0.3) is 5.03 Å². The van der Waals surface area contributed by atoms with E-state index in [1.165, 1.54) is 11.1 Å². The second-order valence-electron chi connectivity index (χ2n) is 7.48. The molecule has 4 heteroatoms. The molecule has 0 saturated heterocycles. The molecule has 3 nitrogen and oxygen atoms in total. The largest absolute Gasteiger partial charge is 0.326 e. The maximum atomic E-state index is 11.9. The van der Waals surface area contributed by atoms with Crippen LogP contribution in [0.2, 0.25) is 0 Å². The zero-order chi connectivity index (χ0) is 19.7. The van der Waals surface area contributed by atoms with E-state index in [1.54, 1.807) is 6.07 Å². The summed E-state index contributed by atoms with van der Waals surface area (Å²) in [6, 6.07) is 13.4. The van der Waals surface area contributed by atoms with Crippen molar-refractivity contribution in [3.05, 3.63) is 99.0 Å². The number of hydrogen-bond donors (Lipinski definition) is 1. The van der Waals surface area contributed by atoms with Gasteiger partial charge in [0, 0.05) is 40.9 Å². The van der Waals surface area contributed by atoms with Gasteiger partial charge in [-0.25, -0.2) is 0 Å². The van der Waals surface area contributed by atoms with Gasteiger partial charge in [-0.15, -0.1) is 0 Å². The third-order valence-electron chi connectivity index (χ3n) is 5.64. The molecule has 1 aromatic heterocycles. The molecule has 2 bridgehead atoms. The van der Waals surface area contributed by atoms with E-state index in [-0.39, 0.29) is 11.5 Å². The van der Waals surface area contributed by atoms with Crippen LogP contribution < -0.4 is 5.56 Å². The van der Waals surface area contributed by atoms with Gasteiger partial charge in [0.1, 0.15) is 5.54 Å². The number of hydrogen-bond acceptors (Lipinski definition) is 2. The summed E-state index contributed by atoms with van der Waals surface area (Å²) in [7, 11) is 0. The van der Waals surface area contributed by atoms with E-state index in [0.29, 0.717) is 5.03 Å². The van der Waals surface area contributed by atoms with Crippen molar-refractivity contribution in [2.45, 2.75) is 32.2 Å². The fraction of sp³-hybridized carbons (Fsp3) is 0.250. The van der Waals surface area contributed by atoms with Crippen LogP contribution >= 0.6 is 11.6 Å². The van der Waals surface area contributed by atoms with E-state index >= 15 is 0 Å². The molecule has 0 fully saturated rings. The van der Waals surface area contributed by atoms with E-state index in [1.807, 2.05) is 48.7 Å². The Kier molecular flexibility index (Phi) is 4.94. The van der Waals surface area contributed by atoms with Crippen LogP contribution in [0.5, 0.6) is 0 Å². The van der Waals surface area contributed by atoms with Crippen molar-refractivity contribution in [2.75, 3.05) is 0 Å². The number of allylic oxidation sites excluding steroid dienone is 3. The Labute approximate surface area is 170 Å². The molecule has 2 unspecified atom stereocenters. The smallest absolute Gasteiger partial charge is 0.248 e. The van der Waals surface area contributed by atoms with Gasteiger partial charge < -0.3 is 4.98 Å². The van der Waals surface area contributed by atoms with Gasteiger partial charge >= 0.3 is 0 Å². The quantitative estimate of drug-likeness (QED) is 0.554. The van der Waals surface area contributed by atoms with Crippen molar-refractivity contribution in [3.63, 3.8) is 0 Å². The zero-order valence-corrected chi connectivity index (χ0v) is 16.8. The molecular weight excluding hydrogens is 368 g/mol. The predicted molar refractivity (Wildman–Crippen MR) is 117 cm³/mol. The molecular formula is C24H23ClN2O. The molecule has 0 aliphatic heterocycles. The number of benzene rings is 1. The van der Waals surface area contributed by atoms with Crippen LogP contribution in [0.4, 0.5) is 0 Å². The van der Waals surface area contributed by atoms with Crippen LogP contribution in [0.15, 0.2) is 81.6 Å². The van der Waals surface area contributed by atoms with Crippen molar-refractivity contribution in [2.24, 2.45) is 10.9 Å². The molecule has 0 radical (unpaired) electrons. The maximum absolute atomic E-state index is 11.9. The lowest BCUT2D eigenvalue weighted by atomic mass is 9.63. The minimum Gasteiger partial charge on any atom is -0.326 e. The number of pyridine rings is 1. The first kappa shape index (κ1) is 18.7. The van der Waals surface area contributed by atoms with Gasteiger partial charge in [-0.2, -0.15) is 0 Å². The number of aromatic amines is 1. The Hall–Kier alpha value is -2.65. The van der Waals surface area contributed by atoms with Gasteiger partial charge in [-0.1, -0.05) is 59.7 Å². The third kappa shape index (κ3) is 3.20. The number of nitrogens with one attached hydrogen (secondary N) is 1. The van der Waals surface area contributed by atoms with E-state index in [0.717, 1.165) is 29.7 Å². The summed E-state index contributed by atoms with van der Waals surface area (Å²) in [4.78, 5) is 20.0. The lowest BCUT2D eigenvalue weighted by molar-refractivity contribution is 0.413. The van der Waals surface area contributed by atoms with Gasteiger partial charge in [0.2, 0.25) is 5.56 Å². The van der Waals surface area contributed by atoms with Crippen molar-refractivity contribution in [1.29, 1.82) is 0 Å². The number of fused-ring (bicyclic) bond motifs is 4. The van der Waals surface area contributed by atoms with Crippen LogP contribution in [-0.2, 0) is 12.0 Å². The molecule has 0 saturated carbocycles. The zero-order valence-electron chi connectivity index (χ0n) is 16.1. The highest BCUT2D eigenvalue weighted by molar-refractivity contribution is 6.49. The summed E-state index contributed by atoms with van der Waals surface area (Å²) in [5, 5.41) is 0.653. The topological polar surface area (TPSA) is 45.2 Å². The highest BCUT2D eigenvalue weighted by atomic mass is 35.5. The molecule has 2 aliphatic carbocycles. The van der Waals surface area contributed by atoms with Gasteiger partial charge in [0.05, 0.1) is 0 Å². The van der Waals surface area contributed by atoms with Crippen LogP contribution in [0, 0.1) is 5.92 Å². The third-order valence-corrected chi connectivity index (χ3v) is 5.99. The Bertz CT molecular complexity index is 1080. The standard InChI is InChI=1S/C24H23ClN2O/c1-3-19-18-13-16(2)15-24(19,20-9-10-23(28)27-22(20)14-18)26-12-11-21(25)17-7-5-4-6-8-17/h3-13,18H,14-15H2,1-2H3,(H,27,28)/b19-3+,21-11-,26-12?. The first-order valence-electron chi connectivity index (χ1n) is 9.56. The van der Waals surface area contributed by atoms with Crippen molar-refractivity contribution < 1.29 is 0 Å². The van der Waals surface area contributed by atoms with Crippen LogP contribution in [0.3, 0.4) is 0 Å². The second-order valence-corrected chi connectivity index (χ2v) is 7.89. The minimum absolute atomic E-state index is 0.0624. The Balaban J connectivity index is 1.82. The Morgan fingerprint density at radius 2 is 2.04 bits per heavy atom. The van der Waals surface area contributed by atoms with Crippen molar-refractivity contribution >= 4 is 22.8 Å². The van der Waals surface area contributed by atoms with Crippen LogP contribution in [-0.4, -0.2) is 11.2 Å². The van der Waals surface area contributed by atoms with E-state index in [4.69, 9.17) is 16.6 Å². The van der Waals surface area contributed by atoms with E-state index in [2.05, 4.69) is 31.0 Å². The number of rotatable bonds is 3. The van der Waals surface area contributed by atoms with Gasteiger partial charge in [0.25, 0.3) is 0 Å². The molecule has 1 N–H and O–H groups in total. The number of aliphatic imine (C=N–C) groups is 1. The maximum Gasteiger partial charge on any atom is 0.248 e. The molecule has 28 heavy (non-hydrogen) atoms. The summed E-state index contributed by atoms with van der Waals surface area (Å²) in [5.74, 6) is 0.259. The number of aromatic nitrogens is 1. The summed E-state index contributed by atoms with van der Waals surface area (Å²) < 4.78 is 0. The summed E-state index contributed by atoms with van der Waals surface area (Å²) in [5.41, 5.74) is 5.10. The molecule has 142 valence electrons. The highest BCUT2D eigenvalue weighted by Crippen LogP contribution is 2.51. The molecule has 4 rings (SSSR count). The number of halogens is 1. The predicted octanol–water partition coefficient (Wildman–Crippen LogP) is 5.39. The molecule has 0 spiro atoms. The Morgan fingerprint density at radius 3 is 2.79 bits per heavy atom. The highest BCUT2D eigenvalue weighted by Gasteiger charge is 2.46. The van der Waals surface area contributed by atoms with Crippen molar-refractivity contribution in [3.8, 4) is 0 Å². The van der Waals surface area contributed by atoms with Crippen LogP contribution in [0.1, 0.15) is 37.1 Å². The normalized spacial score (nSPS) is 25.7. The number of nitrogens with zero attached hydrogens (tertiary/aromatic N) is 1. The molecule has 2 atom stereocenters. The van der Waals surface area contributed by atoms with E-state index < -0.39 is 5.54 Å². The molecule has 1 aromatic carbocycles. The molecule has 0 amide bonds. The van der Waals surface area contributed by atoms with Gasteiger partial charge in [-0.05, 0) is 43.5 Å². The molecule has 2 aliphatic rings. The first-order valence-corrected chi connectivity index (χ1v) is 9.94. The second kappa shape index (κ2) is 7.40. The average molecular weight is 391 g/mol. The summed E-state index contributed by atoms with van der Waals surface area (Å²) >= 11 is 6.47. The van der Waals surface area contributed by atoms with Gasteiger partial charge in [0.15, 0.2) is 0 Å². The SMILES string of the molecule is C/C=C1\C2C=C(C)CC1(N=C/C=C(\Cl)c1ccccc1)c1ccc(=O)[nH]c1C2. The monoisotopic (exact) mass is 390 g/mol. The summed E-state index contributed by atoms with van der Waals surface area (Å²) in [6.07, 6.45) is 9.76.